The fourth-order valence-corrected chi connectivity index (χ4v) is 2.92. The van der Waals surface area contributed by atoms with E-state index in [0.717, 1.165) is 24.2 Å². The second-order valence-electron chi connectivity index (χ2n) is 9.34. The molecular formula is C27H38N6O3. The van der Waals surface area contributed by atoms with Crippen LogP contribution in [0.1, 0.15) is 59.4 Å². The van der Waals surface area contributed by atoms with Crippen LogP contribution in [0, 0.1) is 11.8 Å². The second-order valence-corrected chi connectivity index (χ2v) is 9.34. The summed E-state index contributed by atoms with van der Waals surface area (Å²) >= 11 is 0. The van der Waals surface area contributed by atoms with E-state index in [2.05, 4.69) is 44.7 Å². The summed E-state index contributed by atoms with van der Waals surface area (Å²) in [6.45, 7) is 10.3. The van der Waals surface area contributed by atoms with Crippen LogP contribution < -0.4 is 16.0 Å². The van der Waals surface area contributed by atoms with E-state index >= 15 is 0 Å². The normalized spacial score (nSPS) is 11.5. The molecule has 0 aliphatic heterocycles. The van der Waals surface area contributed by atoms with E-state index in [4.69, 9.17) is 4.74 Å². The molecule has 1 heterocycles. The van der Waals surface area contributed by atoms with Crippen molar-refractivity contribution in [3.63, 3.8) is 0 Å². The summed E-state index contributed by atoms with van der Waals surface area (Å²) in [6, 6.07) is 9.10. The van der Waals surface area contributed by atoms with E-state index in [1.807, 2.05) is 30.3 Å². The number of likely N-dealkylation sites (N-methyl/N-ethyl adjacent to an activating group) is 1. The van der Waals surface area contributed by atoms with Gasteiger partial charge in [0, 0.05) is 32.2 Å². The zero-order chi connectivity index (χ0) is 26.6. The first-order chi connectivity index (χ1) is 17.1. The Labute approximate surface area is 214 Å². The molecule has 0 aliphatic rings. The first-order valence-corrected chi connectivity index (χ1v) is 12.3. The highest BCUT2D eigenvalue weighted by atomic mass is 16.6. The van der Waals surface area contributed by atoms with Gasteiger partial charge < -0.3 is 20.7 Å². The number of aromatic nitrogens is 2. The fourth-order valence-electron chi connectivity index (χ4n) is 2.92. The molecule has 194 valence electrons. The van der Waals surface area contributed by atoms with E-state index in [9.17, 15) is 9.59 Å². The lowest BCUT2D eigenvalue weighted by Crippen LogP contribution is -2.47. The van der Waals surface area contributed by atoms with E-state index in [1.54, 1.807) is 40.9 Å². The van der Waals surface area contributed by atoms with Gasteiger partial charge in [-0.15, -0.1) is 0 Å². The molecule has 1 aromatic heterocycles. The molecule has 36 heavy (non-hydrogen) atoms. The number of nitrogens with one attached hydrogen (secondary N) is 3. The van der Waals surface area contributed by atoms with Crippen LogP contribution in [0.4, 0.5) is 22.2 Å². The molecule has 1 aromatic carbocycles. The predicted octanol–water partition coefficient (Wildman–Crippen LogP) is 4.55. The average Bonchev–Trinajstić information content (AvgIpc) is 2.84. The van der Waals surface area contributed by atoms with Gasteiger partial charge in [0.15, 0.2) is 0 Å². The number of rotatable bonds is 10. The van der Waals surface area contributed by atoms with Crippen molar-refractivity contribution in [3.05, 3.63) is 42.1 Å². The van der Waals surface area contributed by atoms with Crippen molar-refractivity contribution in [1.82, 2.24) is 20.2 Å². The number of anilines is 3. The lowest BCUT2D eigenvalue weighted by molar-refractivity contribution is -0.125. The Morgan fingerprint density at radius 2 is 1.89 bits per heavy atom. The van der Waals surface area contributed by atoms with Gasteiger partial charge in [0.1, 0.15) is 17.5 Å². The molecular weight excluding hydrogens is 456 g/mol. The quantitative estimate of drug-likeness (QED) is 0.329. The highest BCUT2D eigenvalue weighted by Gasteiger charge is 2.26. The summed E-state index contributed by atoms with van der Waals surface area (Å²) in [5.74, 6) is 7.21. The van der Waals surface area contributed by atoms with Gasteiger partial charge in [0.25, 0.3) is 0 Å². The number of carbonyl (C=O) groups is 2. The molecule has 2 rings (SSSR count). The number of hydrogen-bond donors (Lipinski definition) is 3. The molecule has 9 heteroatoms. The van der Waals surface area contributed by atoms with Gasteiger partial charge in [0.05, 0.1) is 11.8 Å². The molecule has 0 spiro atoms. The SMILES string of the molecule is CCCNc1nc(Nc2ccccc2)ncc1C#CCCCNC(=O)[C@H](C)N(C)C(=O)OC(C)(C)C. The molecule has 0 aliphatic carbocycles. The van der Waals surface area contributed by atoms with Crippen molar-refractivity contribution >= 4 is 29.5 Å². The predicted molar refractivity (Wildman–Crippen MR) is 143 cm³/mol. The van der Waals surface area contributed by atoms with Crippen LogP contribution in [0.15, 0.2) is 36.5 Å². The van der Waals surface area contributed by atoms with Gasteiger partial charge in [0.2, 0.25) is 11.9 Å². The van der Waals surface area contributed by atoms with Crippen LogP contribution in [-0.2, 0) is 9.53 Å². The highest BCUT2D eigenvalue weighted by molar-refractivity contribution is 5.85. The molecule has 0 unspecified atom stereocenters. The third kappa shape index (κ3) is 9.82. The minimum absolute atomic E-state index is 0.239. The van der Waals surface area contributed by atoms with Gasteiger partial charge in [-0.3, -0.25) is 9.69 Å². The number of nitrogens with zero attached hydrogens (tertiary/aromatic N) is 3. The van der Waals surface area contributed by atoms with Crippen LogP contribution in [0.3, 0.4) is 0 Å². The number of para-hydroxylation sites is 1. The number of benzene rings is 1. The molecule has 0 saturated heterocycles. The van der Waals surface area contributed by atoms with Crippen molar-refractivity contribution in [1.29, 1.82) is 0 Å². The Hall–Kier alpha value is -3.80. The Kier molecular flexibility index (Phi) is 11.0. The molecule has 1 atom stereocenters. The lowest BCUT2D eigenvalue weighted by Gasteiger charge is -2.28. The van der Waals surface area contributed by atoms with Crippen LogP contribution in [0.25, 0.3) is 0 Å². The summed E-state index contributed by atoms with van der Waals surface area (Å²) in [5, 5.41) is 9.35. The summed E-state index contributed by atoms with van der Waals surface area (Å²) < 4.78 is 5.31. The third-order valence-electron chi connectivity index (χ3n) is 5.00. The number of ether oxygens (including phenoxy) is 1. The van der Waals surface area contributed by atoms with E-state index < -0.39 is 17.7 Å². The number of amides is 2. The van der Waals surface area contributed by atoms with Crippen LogP contribution in [0.2, 0.25) is 0 Å². The van der Waals surface area contributed by atoms with Crippen molar-refractivity contribution in [2.24, 2.45) is 0 Å². The lowest BCUT2D eigenvalue weighted by atomic mass is 10.2. The van der Waals surface area contributed by atoms with E-state index in [0.29, 0.717) is 31.2 Å². The topological polar surface area (TPSA) is 108 Å². The van der Waals surface area contributed by atoms with Gasteiger partial charge >= 0.3 is 6.09 Å². The summed E-state index contributed by atoms with van der Waals surface area (Å²) in [5.41, 5.74) is 1.01. The van der Waals surface area contributed by atoms with Crippen molar-refractivity contribution in [2.75, 3.05) is 30.8 Å². The van der Waals surface area contributed by atoms with Crippen LogP contribution in [0.5, 0.6) is 0 Å². The largest absolute Gasteiger partial charge is 0.444 e. The summed E-state index contributed by atoms with van der Waals surface area (Å²) in [4.78, 5) is 34.8. The van der Waals surface area contributed by atoms with Gasteiger partial charge in [-0.2, -0.15) is 4.98 Å². The van der Waals surface area contributed by atoms with E-state index in [-0.39, 0.29) is 5.91 Å². The Morgan fingerprint density at radius 3 is 2.56 bits per heavy atom. The molecule has 3 N–H and O–H groups in total. The van der Waals surface area contributed by atoms with E-state index in [1.165, 1.54) is 4.90 Å². The monoisotopic (exact) mass is 494 g/mol. The van der Waals surface area contributed by atoms with Crippen LogP contribution >= 0.6 is 0 Å². The smallest absolute Gasteiger partial charge is 0.410 e. The zero-order valence-corrected chi connectivity index (χ0v) is 22.1. The Balaban J connectivity index is 1.87. The summed E-state index contributed by atoms with van der Waals surface area (Å²) in [6.07, 6.45) is 3.40. The Bertz CT molecular complexity index is 1060. The first kappa shape index (κ1) is 28.4. The minimum atomic E-state index is -0.640. The molecule has 9 nitrogen and oxygen atoms in total. The minimum Gasteiger partial charge on any atom is -0.444 e. The number of hydrogen-bond acceptors (Lipinski definition) is 7. The van der Waals surface area contributed by atoms with Gasteiger partial charge in [-0.25, -0.2) is 9.78 Å². The molecule has 0 fully saturated rings. The molecule has 0 bridgehead atoms. The van der Waals surface area contributed by atoms with Crippen LogP contribution in [-0.4, -0.2) is 58.6 Å². The standard InChI is InChI=1S/C27H38N6O3/c1-7-17-28-23-21(19-30-25(32-23)31-22-15-11-8-12-16-22)14-10-9-13-18-29-24(34)20(2)33(6)26(35)36-27(3,4)5/h8,11-12,15-16,19-20H,7,9,13,17-18H2,1-6H3,(H,29,34)(H2,28,30,31,32)/t20-/m0/s1. The van der Waals surface area contributed by atoms with Crippen molar-refractivity contribution < 1.29 is 14.3 Å². The Morgan fingerprint density at radius 1 is 1.17 bits per heavy atom. The molecule has 2 amide bonds. The first-order valence-electron chi connectivity index (χ1n) is 12.3. The number of unbranched alkanes of at least 4 members (excludes halogenated alkanes) is 1. The average molecular weight is 495 g/mol. The zero-order valence-electron chi connectivity index (χ0n) is 22.1. The van der Waals surface area contributed by atoms with Crippen molar-refractivity contribution in [2.45, 2.75) is 65.5 Å². The maximum atomic E-state index is 12.4. The van der Waals surface area contributed by atoms with Gasteiger partial charge in [-0.05, 0) is 52.7 Å². The number of carbonyl (C=O) groups excluding carboxylic acids is 2. The maximum absolute atomic E-state index is 12.4. The van der Waals surface area contributed by atoms with Gasteiger partial charge in [-0.1, -0.05) is 37.0 Å². The molecule has 2 aromatic rings. The fraction of sp³-hybridized carbons (Fsp3) is 0.481. The maximum Gasteiger partial charge on any atom is 0.410 e. The molecule has 0 saturated carbocycles. The molecule has 0 radical (unpaired) electrons. The highest BCUT2D eigenvalue weighted by Crippen LogP contribution is 2.17. The second kappa shape index (κ2) is 13.9. The third-order valence-corrected chi connectivity index (χ3v) is 5.00. The summed E-state index contributed by atoms with van der Waals surface area (Å²) in [7, 11) is 1.55. The van der Waals surface area contributed by atoms with Crippen molar-refractivity contribution in [3.8, 4) is 11.8 Å².